The number of carbonyl (C=O) groups excluding carboxylic acids is 6. The third-order valence-electron chi connectivity index (χ3n) is 9.48. The molecule has 0 saturated carbocycles. The molecule has 0 aromatic heterocycles. The molecule has 17 nitrogen and oxygen atoms in total. The highest BCUT2D eigenvalue weighted by Crippen LogP contribution is 2.25. The van der Waals surface area contributed by atoms with Crippen LogP contribution >= 0.6 is 0 Å². The molecule has 0 unspecified atom stereocenters. The normalized spacial score (nSPS) is 27.1. The first-order chi connectivity index (χ1) is 25.1. The number of ketones is 1. The van der Waals surface area contributed by atoms with Crippen LogP contribution in [0, 0.1) is 11.8 Å². The van der Waals surface area contributed by atoms with Gasteiger partial charge in [0.05, 0.1) is 30.7 Å². The van der Waals surface area contributed by atoms with E-state index in [4.69, 9.17) is 0 Å². The van der Waals surface area contributed by atoms with Crippen LogP contribution in [0.15, 0.2) is 24.3 Å². The summed E-state index contributed by atoms with van der Waals surface area (Å²) in [6, 6.07) is -0.140. The third kappa shape index (κ3) is 14.2. The van der Waals surface area contributed by atoms with E-state index in [-0.39, 0.29) is 37.1 Å². The predicted octanol–water partition coefficient (Wildman–Crippen LogP) is 0.684. The number of hydrogen-bond donors (Lipinski definition) is 9. The summed E-state index contributed by atoms with van der Waals surface area (Å²) in [5, 5.41) is 43.9. The number of aliphatic hydroxyl groups is 1. The molecule has 11 N–H and O–H groups in total. The molecular weight excluding hydrogens is 714 g/mol. The van der Waals surface area contributed by atoms with Gasteiger partial charge < -0.3 is 48.1 Å². The fourth-order valence-corrected chi connectivity index (χ4v) is 7.12. The molecule has 0 aliphatic carbocycles. The molecule has 1 aromatic carbocycles. The van der Waals surface area contributed by atoms with Crippen molar-refractivity contribution in [2.24, 2.45) is 11.8 Å². The lowest BCUT2D eigenvalue weighted by molar-refractivity contribution is -0.143. The zero-order chi connectivity index (χ0) is 40.5. The number of benzene rings is 1. The molecule has 1 aromatic rings. The van der Waals surface area contributed by atoms with Gasteiger partial charge in [0.2, 0.25) is 29.5 Å². The van der Waals surface area contributed by atoms with E-state index >= 15 is 0 Å². The van der Waals surface area contributed by atoms with Gasteiger partial charge in [-0.05, 0) is 90.5 Å². The predicted molar refractivity (Wildman–Crippen MR) is 203 cm³/mol. The number of Topliss-reactive ketones (excluding diaryl/α,β-unsaturated/α-hetero) is 1. The number of amides is 5. The Morgan fingerprint density at radius 3 is 2.11 bits per heavy atom. The average molecular weight is 776 g/mol. The SMILES string of the molecule is CC(C)C[C@@H]1NC(=O)C[C@H](Cc2ccc(O)cc2)NC(=O)[C@@H]2CCCN2[C@H](C(=O)NC(C)(C)C)[C@H](C)NC(=O)[C@H]([C@@H](C)O)NC(=O)C[C@H](CC(=O)O)C1=O.N. The van der Waals surface area contributed by atoms with E-state index in [2.05, 4.69) is 26.6 Å². The number of carboxylic acid groups (broad SMARTS) is 1. The zero-order valence-electron chi connectivity index (χ0n) is 33.0. The van der Waals surface area contributed by atoms with Crippen molar-refractivity contribution in [3.63, 3.8) is 0 Å². The van der Waals surface area contributed by atoms with Gasteiger partial charge in [0.25, 0.3) is 0 Å². The number of aliphatic carboxylic acids is 1. The molecule has 2 saturated heterocycles. The molecule has 308 valence electrons. The fourth-order valence-electron chi connectivity index (χ4n) is 7.12. The maximum atomic E-state index is 14.2. The van der Waals surface area contributed by atoms with E-state index in [1.165, 1.54) is 19.1 Å². The highest BCUT2D eigenvalue weighted by molar-refractivity contribution is 5.96. The first-order valence-electron chi connectivity index (χ1n) is 18.6. The van der Waals surface area contributed by atoms with Gasteiger partial charge in [0.15, 0.2) is 5.78 Å². The molecule has 3 rings (SSSR count). The zero-order valence-corrected chi connectivity index (χ0v) is 33.0. The van der Waals surface area contributed by atoms with Crippen molar-refractivity contribution in [1.29, 1.82) is 0 Å². The Kier molecular flexibility index (Phi) is 17.2. The van der Waals surface area contributed by atoms with Gasteiger partial charge in [-0.3, -0.25) is 38.5 Å². The quantitative estimate of drug-likeness (QED) is 0.176. The van der Waals surface area contributed by atoms with Gasteiger partial charge in [0.1, 0.15) is 17.8 Å². The number of aliphatic hydroxyl groups excluding tert-OH is 1. The van der Waals surface area contributed by atoms with Gasteiger partial charge in [-0.1, -0.05) is 26.0 Å². The maximum absolute atomic E-state index is 14.2. The lowest BCUT2D eigenvalue weighted by Gasteiger charge is -2.38. The molecule has 2 aliphatic rings. The van der Waals surface area contributed by atoms with Crippen LogP contribution in [0.3, 0.4) is 0 Å². The van der Waals surface area contributed by atoms with Crippen LogP contribution in [0.1, 0.15) is 92.6 Å². The highest BCUT2D eigenvalue weighted by atomic mass is 16.4. The second-order valence-corrected chi connectivity index (χ2v) is 16.1. The van der Waals surface area contributed by atoms with Crippen LogP contribution in [-0.2, 0) is 40.0 Å². The standard InChI is InChI=1S/C38H58N6O10.H3N/c1-20(2)15-27-34(51)24(18-31(49)50)17-29(47)42-32(22(4)45)36(53)39-21(3)33(37(54)43-38(5,6)7)44-14-8-9-28(44)35(52)40-25(19-30(48)41-27)16-23-10-12-26(46)13-11-23;/h10-13,20-22,24-25,27-28,32-33,45-46H,8-9,14-19H2,1-7H3,(H,39,53)(H,40,52)(H,41,48)(H,42,47)(H,43,54)(H,49,50);1H3/t21-,22+,24+,25-,27-,28-,32-,33-;/m0./s1. The van der Waals surface area contributed by atoms with Crippen LogP contribution in [0.4, 0.5) is 0 Å². The number of carbonyl (C=O) groups is 7. The summed E-state index contributed by atoms with van der Waals surface area (Å²) in [5.41, 5.74) is 0.0140. The van der Waals surface area contributed by atoms with Gasteiger partial charge >= 0.3 is 5.97 Å². The van der Waals surface area contributed by atoms with Crippen molar-refractivity contribution in [1.82, 2.24) is 37.6 Å². The molecule has 0 spiro atoms. The van der Waals surface area contributed by atoms with E-state index in [1.54, 1.807) is 44.7 Å². The van der Waals surface area contributed by atoms with E-state index in [9.17, 15) is 48.9 Å². The monoisotopic (exact) mass is 775 g/mol. The van der Waals surface area contributed by atoms with Crippen molar-refractivity contribution in [2.45, 2.75) is 141 Å². The number of phenols is 1. The third-order valence-corrected chi connectivity index (χ3v) is 9.48. The number of rotatable bonds is 8. The van der Waals surface area contributed by atoms with E-state index in [0.717, 1.165) is 0 Å². The van der Waals surface area contributed by atoms with E-state index in [1.807, 2.05) is 13.8 Å². The Balaban J connectivity index is 0.0000105. The minimum atomic E-state index is -1.54. The summed E-state index contributed by atoms with van der Waals surface area (Å²) in [5.74, 6) is -6.77. The minimum Gasteiger partial charge on any atom is -0.508 e. The molecule has 55 heavy (non-hydrogen) atoms. The summed E-state index contributed by atoms with van der Waals surface area (Å²) in [6.45, 7) is 12.2. The largest absolute Gasteiger partial charge is 0.508 e. The highest BCUT2D eigenvalue weighted by Gasteiger charge is 2.44. The average Bonchev–Trinajstić information content (AvgIpc) is 3.51. The number of carboxylic acids is 1. The van der Waals surface area contributed by atoms with Crippen LogP contribution < -0.4 is 32.7 Å². The summed E-state index contributed by atoms with van der Waals surface area (Å²) in [6.07, 6.45) is -1.89. The maximum Gasteiger partial charge on any atom is 0.304 e. The van der Waals surface area contributed by atoms with Gasteiger partial charge in [-0.25, -0.2) is 0 Å². The number of nitrogens with one attached hydrogen (secondary N) is 5. The van der Waals surface area contributed by atoms with Crippen LogP contribution in [-0.4, -0.2) is 116 Å². The number of hydrogen-bond acceptors (Lipinski definition) is 11. The van der Waals surface area contributed by atoms with Crippen molar-refractivity contribution >= 4 is 41.3 Å². The Hall–Kier alpha value is -4.61. The Morgan fingerprint density at radius 2 is 1.55 bits per heavy atom. The van der Waals surface area contributed by atoms with E-state index in [0.29, 0.717) is 24.9 Å². The summed E-state index contributed by atoms with van der Waals surface area (Å²) in [4.78, 5) is 96.4. The molecule has 5 amide bonds. The van der Waals surface area contributed by atoms with Crippen molar-refractivity contribution in [3.05, 3.63) is 29.8 Å². The fraction of sp³-hybridized carbons (Fsp3) is 0.658. The second-order valence-electron chi connectivity index (χ2n) is 16.1. The minimum absolute atomic E-state index is 0. The topological polar surface area (TPSA) is 279 Å². The Labute approximate surface area is 322 Å². The Bertz CT molecular complexity index is 1530. The summed E-state index contributed by atoms with van der Waals surface area (Å²) < 4.78 is 0. The van der Waals surface area contributed by atoms with Crippen molar-refractivity contribution < 1.29 is 48.9 Å². The number of aromatic hydroxyl groups is 1. The van der Waals surface area contributed by atoms with Gasteiger partial charge in [-0.15, -0.1) is 0 Å². The lowest BCUT2D eigenvalue weighted by atomic mass is 9.87. The van der Waals surface area contributed by atoms with Crippen LogP contribution in [0.5, 0.6) is 5.75 Å². The van der Waals surface area contributed by atoms with Gasteiger partial charge in [0, 0.05) is 30.3 Å². The first kappa shape index (κ1) is 46.5. The second kappa shape index (κ2) is 20.3. The number of fused-ring (bicyclic) bond motifs is 1. The molecule has 8 atom stereocenters. The van der Waals surface area contributed by atoms with Crippen molar-refractivity contribution in [3.8, 4) is 5.75 Å². The molecule has 2 fully saturated rings. The molecule has 0 radical (unpaired) electrons. The molecule has 2 heterocycles. The molecule has 2 aliphatic heterocycles. The number of nitrogens with zero attached hydrogens (tertiary/aromatic N) is 1. The summed E-state index contributed by atoms with van der Waals surface area (Å²) >= 11 is 0. The number of phenolic OH excluding ortho intramolecular Hbond substituents is 1. The van der Waals surface area contributed by atoms with Crippen LogP contribution in [0.25, 0.3) is 0 Å². The van der Waals surface area contributed by atoms with Gasteiger partial charge in [-0.2, -0.15) is 0 Å². The smallest absolute Gasteiger partial charge is 0.304 e. The first-order valence-corrected chi connectivity index (χ1v) is 18.6. The van der Waals surface area contributed by atoms with Crippen molar-refractivity contribution in [2.75, 3.05) is 6.54 Å². The van der Waals surface area contributed by atoms with Crippen LogP contribution in [0.2, 0.25) is 0 Å². The molecule has 0 bridgehead atoms. The molecule has 17 heteroatoms. The lowest BCUT2D eigenvalue weighted by Crippen LogP contribution is -2.64. The summed E-state index contributed by atoms with van der Waals surface area (Å²) in [7, 11) is 0. The Morgan fingerprint density at radius 1 is 0.927 bits per heavy atom. The van der Waals surface area contributed by atoms with E-state index < -0.39 is 108 Å². The molecular formula is C38H61N7O10.